The Hall–Kier alpha value is -2.03. The highest BCUT2D eigenvalue weighted by atomic mass is 32.2. The van der Waals surface area contributed by atoms with Gasteiger partial charge in [-0.2, -0.15) is 5.10 Å². The zero-order chi connectivity index (χ0) is 16.3. The Morgan fingerprint density at radius 1 is 1.45 bits per heavy atom. The van der Waals surface area contributed by atoms with Gasteiger partial charge in [0, 0.05) is 6.07 Å². The molecular formula is C13H21N7OS. The van der Waals surface area contributed by atoms with Crippen LogP contribution in [0.1, 0.15) is 39.1 Å². The number of thioether (sulfide) groups is 1. The quantitative estimate of drug-likeness (QED) is 0.618. The number of nitrogens with one attached hydrogen (secondary N) is 1. The molecule has 0 aliphatic rings. The van der Waals surface area contributed by atoms with Crippen LogP contribution in [0.4, 0.5) is 5.82 Å². The fourth-order valence-corrected chi connectivity index (χ4v) is 2.62. The van der Waals surface area contributed by atoms with Crippen molar-refractivity contribution in [2.75, 3.05) is 11.2 Å². The maximum atomic E-state index is 12.3. The Morgan fingerprint density at radius 3 is 2.77 bits per heavy atom. The first-order chi connectivity index (χ1) is 10.4. The molecule has 0 aliphatic heterocycles. The number of rotatable bonds is 6. The molecule has 0 fully saturated rings. The maximum absolute atomic E-state index is 12.3. The topological polar surface area (TPSA) is 104 Å². The number of anilines is 1. The Labute approximate surface area is 133 Å². The van der Waals surface area contributed by atoms with Crippen molar-refractivity contribution in [2.24, 2.45) is 0 Å². The molecule has 8 nitrogen and oxygen atoms in total. The number of carbonyl (C=O) groups is 1. The molecule has 22 heavy (non-hydrogen) atoms. The fourth-order valence-electron chi connectivity index (χ4n) is 1.81. The van der Waals surface area contributed by atoms with Gasteiger partial charge in [0.05, 0.1) is 17.5 Å². The van der Waals surface area contributed by atoms with Crippen LogP contribution < -0.4 is 11.2 Å². The molecule has 2 atom stereocenters. The predicted molar refractivity (Wildman–Crippen MR) is 86.1 cm³/mol. The van der Waals surface area contributed by atoms with E-state index in [1.54, 1.807) is 26.1 Å². The van der Waals surface area contributed by atoms with E-state index in [9.17, 15) is 4.79 Å². The van der Waals surface area contributed by atoms with E-state index in [1.807, 2.05) is 4.68 Å². The minimum absolute atomic E-state index is 0.129. The molecule has 2 heterocycles. The first kappa shape index (κ1) is 16.3. The van der Waals surface area contributed by atoms with E-state index in [4.69, 9.17) is 5.84 Å². The summed E-state index contributed by atoms with van der Waals surface area (Å²) in [5.74, 6) is 6.96. The number of carbonyl (C=O) groups excluding carboxylic acids is 1. The number of amides is 1. The van der Waals surface area contributed by atoms with E-state index in [0.29, 0.717) is 16.8 Å². The van der Waals surface area contributed by atoms with E-state index >= 15 is 0 Å². The first-order valence-corrected chi connectivity index (χ1v) is 8.00. The highest BCUT2D eigenvalue weighted by Crippen LogP contribution is 2.22. The van der Waals surface area contributed by atoms with E-state index in [0.717, 1.165) is 6.42 Å². The van der Waals surface area contributed by atoms with E-state index < -0.39 is 0 Å². The van der Waals surface area contributed by atoms with Crippen LogP contribution in [0.25, 0.3) is 0 Å². The second-order valence-corrected chi connectivity index (χ2v) is 6.38. The number of aromatic nitrogens is 5. The first-order valence-electron chi connectivity index (χ1n) is 7.12. The average molecular weight is 323 g/mol. The molecule has 0 bridgehead atoms. The van der Waals surface area contributed by atoms with Gasteiger partial charge in [-0.05, 0) is 27.2 Å². The summed E-state index contributed by atoms with van der Waals surface area (Å²) in [6, 6.07) is 2.01. The number of hydrogen-bond donors (Lipinski definition) is 2. The average Bonchev–Trinajstić information content (AvgIpc) is 3.08. The predicted octanol–water partition coefficient (Wildman–Crippen LogP) is 1.59. The SMILES string of the molecule is CC[C@H](C)n1nccc1NC(=O)[C@H](C)Sc1nnc(C)n1N. The fraction of sp³-hybridized carbons (Fsp3) is 0.538. The van der Waals surface area contributed by atoms with Gasteiger partial charge < -0.3 is 11.2 Å². The van der Waals surface area contributed by atoms with Crippen LogP contribution in [-0.4, -0.2) is 35.8 Å². The molecule has 0 aromatic carbocycles. The van der Waals surface area contributed by atoms with Gasteiger partial charge in [-0.3, -0.25) is 4.79 Å². The second kappa shape index (κ2) is 6.82. The third-order valence-electron chi connectivity index (χ3n) is 3.42. The molecule has 0 unspecified atom stereocenters. The molecular weight excluding hydrogens is 302 g/mol. The Balaban J connectivity index is 2.03. The van der Waals surface area contributed by atoms with Crippen molar-refractivity contribution >= 4 is 23.5 Å². The lowest BCUT2D eigenvalue weighted by Gasteiger charge is -2.16. The molecule has 0 spiro atoms. The zero-order valence-corrected chi connectivity index (χ0v) is 14.0. The summed E-state index contributed by atoms with van der Waals surface area (Å²) in [5.41, 5.74) is 0. The van der Waals surface area contributed by atoms with Gasteiger partial charge >= 0.3 is 0 Å². The maximum Gasteiger partial charge on any atom is 0.238 e. The Kier molecular flexibility index (Phi) is 5.07. The van der Waals surface area contributed by atoms with Crippen molar-refractivity contribution in [1.82, 2.24) is 24.7 Å². The van der Waals surface area contributed by atoms with Crippen molar-refractivity contribution in [1.29, 1.82) is 0 Å². The van der Waals surface area contributed by atoms with Gasteiger partial charge in [0.15, 0.2) is 0 Å². The van der Waals surface area contributed by atoms with Crippen molar-refractivity contribution in [3.63, 3.8) is 0 Å². The van der Waals surface area contributed by atoms with Gasteiger partial charge in [-0.1, -0.05) is 18.7 Å². The lowest BCUT2D eigenvalue weighted by molar-refractivity contribution is -0.115. The van der Waals surface area contributed by atoms with Crippen molar-refractivity contribution in [3.8, 4) is 0 Å². The molecule has 0 radical (unpaired) electrons. The van der Waals surface area contributed by atoms with Gasteiger partial charge in [0.2, 0.25) is 11.1 Å². The van der Waals surface area contributed by atoms with Crippen molar-refractivity contribution < 1.29 is 4.79 Å². The standard InChI is InChI=1S/C13H21N7OS/c1-5-8(2)20-11(6-7-15-20)16-12(21)9(3)22-13-18-17-10(4)19(13)14/h6-9H,5,14H2,1-4H3,(H,16,21)/t8-,9-/m0/s1. The Morgan fingerprint density at radius 2 is 2.18 bits per heavy atom. The van der Waals surface area contributed by atoms with Crippen LogP contribution in [0.2, 0.25) is 0 Å². The Bertz CT molecular complexity index is 651. The van der Waals surface area contributed by atoms with Crippen molar-refractivity contribution in [2.45, 2.75) is 50.6 Å². The minimum atomic E-state index is -0.355. The summed E-state index contributed by atoms with van der Waals surface area (Å²) in [7, 11) is 0. The van der Waals surface area contributed by atoms with E-state index in [-0.39, 0.29) is 17.2 Å². The van der Waals surface area contributed by atoms with Crippen LogP contribution in [0.3, 0.4) is 0 Å². The lowest BCUT2D eigenvalue weighted by Crippen LogP contribution is -2.25. The molecule has 2 aromatic rings. The lowest BCUT2D eigenvalue weighted by atomic mass is 10.3. The third-order valence-corrected chi connectivity index (χ3v) is 4.47. The van der Waals surface area contributed by atoms with Gasteiger partial charge in [-0.15, -0.1) is 10.2 Å². The van der Waals surface area contributed by atoms with E-state index in [2.05, 4.69) is 34.5 Å². The number of nitrogen functional groups attached to an aromatic ring is 1. The molecule has 9 heteroatoms. The molecule has 0 aliphatic carbocycles. The largest absolute Gasteiger partial charge is 0.336 e. The third kappa shape index (κ3) is 3.41. The minimum Gasteiger partial charge on any atom is -0.336 e. The number of nitrogens with zero attached hydrogens (tertiary/aromatic N) is 5. The second-order valence-electron chi connectivity index (χ2n) is 5.07. The molecule has 120 valence electrons. The normalized spacial score (nSPS) is 13.8. The van der Waals surface area contributed by atoms with E-state index in [1.165, 1.54) is 16.4 Å². The summed E-state index contributed by atoms with van der Waals surface area (Å²) < 4.78 is 3.18. The summed E-state index contributed by atoms with van der Waals surface area (Å²) in [6.45, 7) is 7.69. The molecule has 0 saturated heterocycles. The summed E-state index contributed by atoms with van der Waals surface area (Å²) in [4.78, 5) is 12.3. The van der Waals surface area contributed by atoms with Crippen molar-refractivity contribution in [3.05, 3.63) is 18.1 Å². The zero-order valence-electron chi connectivity index (χ0n) is 13.1. The highest BCUT2D eigenvalue weighted by Gasteiger charge is 2.20. The van der Waals surface area contributed by atoms with Gasteiger partial charge in [0.25, 0.3) is 0 Å². The number of hydrogen-bond acceptors (Lipinski definition) is 6. The molecule has 1 amide bonds. The highest BCUT2D eigenvalue weighted by molar-refractivity contribution is 8.00. The molecule has 2 rings (SSSR count). The molecule has 2 aromatic heterocycles. The number of nitrogens with two attached hydrogens (primary N) is 1. The molecule has 3 N–H and O–H groups in total. The van der Waals surface area contributed by atoms with Crippen LogP contribution in [0, 0.1) is 6.92 Å². The van der Waals surface area contributed by atoms with Crippen LogP contribution in [0.5, 0.6) is 0 Å². The van der Waals surface area contributed by atoms with Crippen LogP contribution in [-0.2, 0) is 4.79 Å². The summed E-state index contributed by atoms with van der Waals surface area (Å²) in [6.07, 6.45) is 2.61. The van der Waals surface area contributed by atoms with Crippen LogP contribution >= 0.6 is 11.8 Å². The summed E-state index contributed by atoms with van der Waals surface area (Å²) in [5, 5.41) is 15.1. The monoisotopic (exact) mass is 323 g/mol. The smallest absolute Gasteiger partial charge is 0.238 e. The van der Waals surface area contributed by atoms with Crippen LogP contribution in [0.15, 0.2) is 17.4 Å². The van der Waals surface area contributed by atoms with Gasteiger partial charge in [0.1, 0.15) is 11.6 Å². The summed E-state index contributed by atoms with van der Waals surface area (Å²) >= 11 is 1.26. The number of aryl methyl sites for hydroxylation is 1. The molecule has 0 saturated carbocycles. The van der Waals surface area contributed by atoms with Gasteiger partial charge in [-0.25, -0.2) is 9.36 Å².